The van der Waals surface area contributed by atoms with Crippen molar-refractivity contribution >= 4 is 27.3 Å². The maximum atomic E-state index is 13.0. The van der Waals surface area contributed by atoms with Crippen LogP contribution in [-0.4, -0.2) is 46.3 Å². The second-order valence-corrected chi connectivity index (χ2v) is 10.7. The Bertz CT molecular complexity index is 1310. The molecular weight excluding hydrogens is 438 g/mol. The minimum atomic E-state index is -3.56. The highest BCUT2D eigenvalue weighted by Gasteiger charge is 2.26. The fourth-order valence-corrected chi connectivity index (χ4v) is 5.95. The maximum Gasteiger partial charge on any atom is 0.243 e. The number of sulfonamides is 1. The topological polar surface area (TPSA) is 96.7 Å². The Morgan fingerprint density at radius 2 is 1.79 bits per heavy atom. The molecule has 0 saturated carbocycles. The lowest BCUT2D eigenvalue weighted by Gasteiger charge is -2.26. The zero-order valence-electron chi connectivity index (χ0n) is 19.7. The number of hydrogen-bond donors (Lipinski definition) is 1. The summed E-state index contributed by atoms with van der Waals surface area (Å²) >= 11 is 0. The predicted octanol–water partition coefficient (Wildman–Crippen LogP) is 3.71. The van der Waals surface area contributed by atoms with Gasteiger partial charge in [-0.25, -0.2) is 17.9 Å². The highest BCUT2D eigenvalue weighted by molar-refractivity contribution is 7.89. The highest BCUT2D eigenvalue weighted by Crippen LogP contribution is 2.25. The van der Waals surface area contributed by atoms with Gasteiger partial charge in [0.2, 0.25) is 15.9 Å². The lowest BCUT2D eigenvalue weighted by molar-refractivity contribution is -0.116. The van der Waals surface area contributed by atoms with Crippen LogP contribution in [-0.2, 0) is 21.2 Å². The third-order valence-electron chi connectivity index (χ3n) is 6.32. The molecule has 0 bridgehead atoms. The van der Waals surface area contributed by atoms with Crippen LogP contribution in [0.1, 0.15) is 53.9 Å². The minimum absolute atomic E-state index is 0.166. The van der Waals surface area contributed by atoms with Crippen LogP contribution in [0.25, 0.3) is 5.65 Å². The van der Waals surface area contributed by atoms with Crippen LogP contribution < -0.4 is 5.32 Å². The number of nitrogens with zero attached hydrogens (tertiary/aromatic N) is 4. The molecule has 2 aromatic heterocycles. The Balaban J connectivity index is 1.49. The molecule has 8 nitrogen and oxygen atoms in total. The molecule has 1 N–H and O–H groups in total. The van der Waals surface area contributed by atoms with Crippen LogP contribution in [0.15, 0.2) is 29.2 Å². The number of piperidine rings is 1. The van der Waals surface area contributed by atoms with Crippen molar-refractivity contribution in [3.05, 3.63) is 52.5 Å². The molecule has 1 aliphatic rings. The number of benzene rings is 1. The first-order valence-electron chi connectivity index (χ1n) is 11.4. The van der Waals surface area contributed by atoms with E-state index < -0.39 is 10.0 Å². The van der Waals surface area contributed by atoms with E-state index in [4.69, 9.17) is 0 Å². The van der Waals surface area contributed by atoms with E-state index in [0.717, 1.165) is 53.1 Å². The summed E-state index contributed by atoms with van der Waals surface area (Å²) in [4.78, 5) is 17.6. The van der Waals surface area contributed by atoms with Gasteiger partial charge in [0.05, 0.1) is 10.6 Å². The molecular formula is C24H31N5O3S. The Labute approximate surface area is 195 Å². The molecule has 1 aromatic carbocycles. The normalized spacial score (nSPS) is 15.2. The van der Waals surface area contributed by atoms with Crippen LogP contribution >= 0.6 is 0 Å². The van der Waals surface area contributed by atoms with Gasteiger partial charge < -0.3 is 5.32 Å². The number of carbonyl (C=O) groups excluding carboxylic acids is 1. The van der Waals surface area contributed by atoms with Crippen LogP contribution in [0, 0.1) is 27.7 Å². The van der Waals surface area contributed by atoms with E-state index in [1.54, 1.807) is 22.5 Å². The van der Waals surface area contributed by atoms with Crippen LogP contribution in [0.4, 0.5) is 5.69 Å². The van der Waals surface area contributed by atoms with E-state index in [0.29, 0.717) is 25.2 Å². The first kappa shape index (κ1) is 23.4. The fraction of sp³-hybridized carbons (Fsp3) is 0.458. The second kappa shape index (κ2) is 9.23. The SMILES string of the molecule is Cc1cc2nc(C)c(CCC(=O)Nc3cc(S(=O)(=O)N4CCCCC4)ccc3C)c(C)n2n1. The van der Waals surface area contributed by atoms with Gasteiger partial charge in [0.15, 0.2) is 5.65 Å². The summed E-state index contributed by atoms with van der Waals surface area (Å²) in [5.74, 6) is -0.166. The summed E-state index contributed by atoms with van der Waals surface area (Å²) in [7, 11) is -3.56. The number of amides is 1. The molecule has 4 rings (SSSR count). The largest absolute Gasteiger partial charge is 0.326 e. The number of anilines is 1. The standard InChI is InChI=1S/C24H31N5O3S/c1-16-8-9-20(33(31,32)28-12-6-5-7-13-28)15-22(16)26-24(30)11-10-21-18(3)25-23-14-17(2)27-29(23)19(21)4/h8-9,14-15H,5-7,10-13H2,1-4H3,(H,26,30). The fourth-order valence-electron chi connectivity index (χ4n) is 4.40. The Morgan fingerprint density at radius 1 is 1.06 bits per heavy atom. The molecule has 33 heavy (non-hydrogen) atoms. The van der Waals surface area contributed by atoms with Gasteiger partial charge in [-0.1, -0.05) is 12.5 Å². The minimum Gasteiger partial charge on any atom is -0.326 e. The Hall–Kier alpha value is -2.78. The average molecular weight is 470 g/mol. The lowest BCUT2D eigenvalue weighted by Crippen LogP contribution is -2.35. The van der Waals surface area contributed by atoms with Gasteiger partial charge in [0.1, 0.15) is 0 Å². The van der Waals surface area contributed by atoms with E-state index in [-0.39, 0.29) is 17.2 Å². The molecule has 0 aliphatic carbocycles. The van der Waals surface area contributed by atoms with E-state index in [1.807, 2.05) is 38.3 Å². The highest BCUT2D eigenvalue weighted by atomic mass is 32.2. The number of carbonyl (C=O) groups is 1. The summed E-state index contributed by atoms with van der Waals surface area (Å²) in [5, 5.41) is 7.40. The van der Waals surface area contributed by atoms with Crippen molar-refractivity contribution in [2.75, 3.05) is 18.4 Å². The third-order valence-corrected chi connectivity index (χ3v) is 8.22. The van der Waals surface area contributed by atoms with Gasteiger partial charge in [-0.05, 0) is 70.2 Å². The molecule has 0 unspecified atom stereocenters. The number of fused-ring (bicyclic) bond motifs is 1. The predicted molar refractivity (Wildman–Crippen MR) is 128 cm³/mol. The molecule has 0 spiro atoms. The summed E-state index contributed by atoms with van der Waals surface area (Å²) in [6.07, 6.45) is 3.61. The number of aryl methyl sites for hydroxylation is 4. The van der Waals surface area contributed by atoms with Gasteiger partial charge in [0.25, 0.3) is 0 Å². The van der Waals surface area contributed by atoms with Crippen molar-refractivity contribution < 1.29 is 13.2 Å². The van der Waals surface area contributed by atoms with Crippen molar-refractivity contribution in [3.8, 4) is 0 Å². The number of rotatable bonds is 6. The smallest absolute Gasteiger partial charge is 0.243 e. The van der Waals surface area contributed by atoms with Gasteiger partial charge >= 0.3 is 0 Å². The lowest BCUT2D eigenvalue weighted by atomic mass is 10.1. The molecule has 3 heterocycles. The van der Waals surface area contributed by atoms with E-state index in [1.165, 1.54) is 0 Å². The molecule has 1 fully saturated rings. The monoisotopic (exact) mass is 469 g/mol. The Kier molecular flexibility index (Phi) is 6.54. The van der Waals surface area contributed by atoms with E-state index in [2.05, 4.69) is 15.4 Å². The van der Waals surface area contributed by atoms with Crippen molar-refractivity contribution in [3.63, 3.8) is 0 Å². The molecule has 1 aliphatic heterocycles. The zero-order valence-corrected chi connectivity index (χ0v) is 20.5. The van der Waals surface area contributed by atoms with E-state index >= 15 is 0 Å². The second-order valence-electron chi connectivity index (χ2n) is 8.81. The molecule has 1 saturated heterocycles. The summed E-state index contributed by atoms with van der Waals surface area (Å²) in [6.45, 7) is 8.81. The summed E-state index contributed by atoms with van der Waals surface area (Å²) in [6, 6.07) is 6.88. The number of aromatic nitrogens is 3. The maximum absolute atomic E-state index is 13.0. The number of nitrogens with one attached hydrogen (secondary N) is 1. The molecule has 3 aromatic rings. The third kappa shape index (κ3) is 4.79. The van der Waals surface area contributed by atoms with Crippen molar-refractivity contribution in [2.45, 2.75) is 64.7 Å². The van der Waals surface area contributed by atoms with E-state index in [9.17, 15) is 13.2 Å². The van der Waals surface area contributed by atoms with Crippen molar-refractivity contribution in [1.82, 2.24) is 18.9 Å². The molecule has 9 heteroatoms. The van der Waals surface area contributed by atoms with Crippen LogP contribution in [0.3, 0.4) is 0 Å². The molecule has 0 radical (unpaired) electrons. The molecule has 1 amide bonds. The quantitative estimate of drug-likeness (QED) is 0.594. The van der Waals surface area contributed by atoms with Gasteiger partial charge in [-0.2, -0.15) is 9.40 Å². The summed E-state index contributed by atoms with van der Waals surface area (Å²) in [5.41, 5.74) is 5.92. The van der Waals surface area contributed by atoms with Gasteiger partial charge in [-0.3, -0.25) is 4.79 Å². The van der Waals surface area contributed by atoms with Crippen LogP contribution in [0.5, 0.6) is 0 Å². The summed E-state index contributed by atoms with van der Waals surface area (Å²) < 4.78 is 29.4. The van der Waals surface area contributed by atoms with Crippen molar-refractivity contribution in [2.24, 2.45) is 0 Å². The van der Waals surface area contributed by atoms with Crippen molar-refractivity contribution in [1.29, 1.82) is 0 Å². The van der Waals surface area contributed by atoms with Gasteiger partial charge in [-0.15, -0.1) is 0 Å². The molecule has 176 valence electrons. The first-order chi connectivity index (χ1) is 15.7. The molecule has 0 atom stereocenters. The average Bonchev–Trinajstić information content (AvgIpc) is 3.16. The zero-order chi connectivity index (χ0) is 23.8. The van der Waals surface area contributed by atoms with Crippen LogP contribution in [0.2, 0.25) is 0 Å². The van der Waals surface area contributed by atoms with Gasteiger partial charge in [0, 0.05) is 42.7 Å². The number of hydrogen-bond acceptors (Lipinski definition) is 5. The first-order valence-corrected chi connectivity index (χ1v) is 12.8. The Morgan fingerprint density at radius 3 is 2.52 bits per heavy atom.